The van der Waals surface area contributed by atoms with Crippen molar-refractivity contribution in [3.05, 3.63) is 35.9 Å². The fraction of sp³-hybridized carbons (Fsp3) is 0.647. The normalized spacial score (nSPS) is 35.3. The summed E-state index contributed by atoms with van der Waals surface area (Å²) in [4.78, 5) is 0. The smallest absolute Gasteiger partial charge is 0.0840 e. The van der Waals surface area contributed by atoms with Gasteiger partial charge in [-0.2, -0.15) is 0 Å². The van der Waals surface area contributed by atoms with Gasteiger partial charge in [0, 0.05) is 0 Å². The molecule has 0 spiro atoms. The van der Waals surface area contributed by atoms with Gasteiger partial charge in [-0.15, -0.1) is 0 Å². The second-order valence-electron chi connectivity index (χ2n) is 5.96. The van der Waals surface area contributed by atoms with Crippen LogP contribution in [0.25, 0.3) is 0 Å². The Balaban J connectivity index is 1.82. The molecule has 0 radical (unpaired) electrons. The van der Waals surface area contributed by atoms with E-state index in [2.05, 4.69) is 39.8 Å². The maximum atomic E-state index is 6.09. The van der Waals surface area contributed by atoms with Gasteiger partial charge in [-0.3, -0.25) is 0 Å². The highest BCUT2D eigenvalue weighted by molar-refractivity contribution is 5.13. The van der Waals surface area contributed by atoms with Crippen LogP contribution in [0.2, 0.25) is 0 Å². The van der Waals surface area contributed by atoms with Crippen molar-refractivity contribution in [1.29, 1.82) is 0 Å². The highest BCUT2D eigenvalue weighted by Gasteiger charge is 2.36. The summed E-state index contributed by atoms with van der Waals surface area (Å²) in [5, 5.41) is 0. The van der Waals surface area contributed by atoms with Crippen molar-refractivity contribution in [3.8, 4) is 0 Å². The molecule has 106 valence electrons. The predicted molar refractivity (Wildman–Crippen MR) is 77.9 cm³/mol. The van der Waals surface area contributed by atoms with Crippen LogP contribution in [0, 0.1) is 17.8 Å². The molecule has 1 saturated heterocycles. The summed E-state index contributed by atoms with van der Waals surface area (Å²) in [5.41, 5.74) is 1.22. The quantitative estimate of drug-likeness (QED) is 0.819. The van der Waals surface area contributed by atoms with Crippen molar-refractivity contribution in [1.82, 2.24) is 0 Å². The van der Waals surface area contributed by atoms with Crippen LogP contribution in [0.5, 0.6) is 0 Å². The highest BCUT2D eigenvalue weighted by atomic mass is 16.5. The number of benzene rings is 1. The van der Waals surface area contributed by atoms with Crippen molar-refractivity contribution in [3.63, 3.8) is 0 Å². The third kappa shape index (κ3) is 3.58. The molecule has 1 heterocycles. The molecular weight excluding hydrogens is 236 g/mol. The zero-order valence-corrected chi connectivity index (χ0v) is 12.5. The van der Waals surface area contributed by atoms with E-state index in [1.54, 1.807) is 0 Å². The number of hydrogen-bond donors (Lipinski definition) is 0. The van der Waals surface area contributed by atoms with Crippen LogP contribution >= 0.6 is 0 Å². The van der Waals surface area contributed by atoms with Crippen LogP contribution in [-0.4, -0.2) is 18.8 Å². The molecule has 0 aliphatic carbocycles. The molecule has 2 nitrogen and oxygen atoms in total. The lowest BCUT2D eigenvalue weighted by Gasteiger charge is -2.42. The Hall–Kier alpha value is -0.860. The molecule has 0 amide bonds. The fourth-order valence-electron chi connectivity index (χ4n) is 2.83. The van der Waals surface area contributed by atoms with E-state index < -0.39 is 0 Å². The second kappa shape index (κ2) is 6.53. The molecule has 0 N–H and O–H groups in total. The molecular formula is C17H26O2. The first-order chi connectivity index (χ1) is 9.09. The van der Waals surface area contributed by atoms with Crippen molar-refractivity contribution in [2.45, 2.75) is 46.5 Å². The molecule has 2 heteroatoms. The lowest BCUT2D eigenvalue weighted by atomic mass is 9.77. The second-order valence-corrected chi connectivity index (χ2v) is 5.96. The molecule has 5 atom stereocenters. The Labute approximate surface area is 117 Å². The SMILES string of the molecule is CC1[C@@H](C)[C@H](C)C(COCc2ccccc2)O[C@@H]1C. The van der Waals surface area contributed by atoms with Crippen molar-refractivity contribution in [2.24, 2.45) is 17.8 Å². The van der Waals surface area contributed by atoms with E-state index in [0.29, 0.717) is 37.1 Å². The monoisotopic (exact) mass is 262 g/mol. The standard InChI is InChI=1S/C17H26O2/c1-12-13(2)15(4)19-17(14(12)3)11-18-10-16-8-6-5-7-9-16/h5-9,12-15,17H,10-11H2,1-4H3/t12-,13?,14+,15-,17?/m1/s1. The molecule has 0 aromatic heterocycles. The summed E-state index contributed by atoms with van der Waals surface area (Å²) in [6.07, 6.45) is 0.557. The van der Waals surface area contributed by atoms with Gasteiger partial charge in [-0.05, 0) is 30.2 Å². The van der Waals surface area contributed by atoms with Crippen molar-refractivity contribution < 1.29 is 9.47 Å². The summed E-state index contributed by atoms with van der Waals surface area (Å²) in [6, 6.07) is 10.3. The van der Waals surface area contributed by atoms with Crippen LogP contribution in [0.15, 0.2) is 30.3 Å². The first kappa shape index (κ1) is 14.5. The summed E-state index contributed by atoms with van der Waals surface area (Å²) in [6.45, 7) is 10.4. The van der Waals surface area contributed by atoms with E-state index in [-0.39, 0.29) is 6.10 Å². The Morgan fingerprint density at radius 1 is 0.947 bits per heavy atom. The fourth-order valence-corrected chi connectivity index (χ4v) is 2.83. The Morgan fingerprint density at radius 2 is 1.63 bits per heavy atom. The third-order valence-electron chi connectivity index (χ3n) is 4.77. The molecule has 19 heavy (non-hydrogen) atoms. The summed E-state index contributed by atoms with van der Waals surface area (Å²) >= 11 is 0. The minimum atomic E-state index is 0.227. The van der Waals surface area contributed by atoms with Crippen molar-refractivity contribution in [2.75, 3.05) is 6.61 Å². The van der Waals surface area contributed by atoms with Crippen LogP contribution < -0.4 is 0 Å². The molecule has 1 fully saturated rings. The molecule has 0 saturated carbocycles. The predicted octanol–water partition coefficient (Wildman–Crippen LogP) is 3.90. The Morgan fingerprint density at radius 3 is 2.32 bits per heavy atom. The van der Waals surface area contributed by atoms with E-state index in [0.717, 1.165) is 0 Å². The van der Waals surface area contributed by atoms with Crippen LogP contribution in [-0.2, 0) is 16.1 Å². The lowest BCUT2D eigenvalue weighted by molar-refractivity contribution is -0.150. The number of rotatable bonds is 4. The van der Waals surface area contributed by atoms with E-state index >= 15 is 0 Å². The minimum Gasteiger partial charge on any atom is -0.374 e. The van der Waals surface area contributed by atoms with E-state index in [9.17, 15) is 0 Å². The Kier molecular flexibility index (Phi) is 5.00. The molecule has 0 bridgehead atoms. The highest BCUT2D eigenvalue weighted by Crippen LogP contribution is 2.34. The third-order valence-corrected chi connectivity index (χ3v) is 4.77. The largest absolute Gasteiger partial charge is 0.374 e. The molecule has 1 aliphatic rings. The van der Waals surface area contributed by atoms with Crippen LogP contribution in [0.4, 0.5) is 0 Å². The lowest BCUT2D eigenvalue weighted by Crippen LogP contribution is -2.45. The van der Waals surface area contributed by atoms with Crippen LogP contribution in [0.3, 0.4) is 0 Å². The van der Waals surface area contributed by atoms with Gasteiger partial charge in [0.25, 0.3) is 0 Å². The van der Waals surface area contributed by atoms with Gasteiger partial charge in [-0.25, -0.2) is 0 Å². The molecule has 2 rings (SSSR count). The van der Waals surface area contributed by atoms with E-state index in [4.69, 9.17) is 9.47 Å². The van der Waals surface area contributed by atoms with Gasteiger partial charge in [0.05, 0.1) is 25.4 Å². The summed E-state index contributed by atoms with van der Waals surface area (Å²) in [5.74, 6) is 1.87. The summed E-state index contributed by atoms with van der Waals surface area (Å²) in [7, 11) is 0. The number of hydrogen-bond acceptors (Lipinski definition) is 2. The van der Waals surface area contributed by atoms with Crippen molar-refractivity contribution >= 4 is 0 Å². The zero-order valence-electron chi connectivity index (χ0n) is 12.5. The maximum absolute atomic E-state index is 6.09. The molecule has 1 aliphatic heterocycles. The topological polar surface area (TPSA) is 18.5 Å². The van der Waals surface area contributed by atoms with Gasteiger partial charge in [0.1, 0.15) is 0 Å². The molecule has 1 aromatic carbocycles. The first-order valence-corrected chi connectivity index (χ1v) is 7.36. The first-order valence-electron chi connectivity index (χ1n) is 7.36. The zero-order chi connectivity index (χ0) is 13.8. The Bertz CT molecular complexity index is 376. The van der Waals surface area contributed by atoms with Gasteiger partial charge in [0.2, 0.25) is 0 Å². The summed E-state index contributed by atoms with van der Waals surface area (Å²) < 4.78 is 11.9. The minimum absolute atomic E-state index is 0.227. The average molecular weight is 262 g/mol. The van der Waals surface area contributed by atoms with E-state index in [1.165, 1.54) is 5.56 Å². The van der Waals surface area contributed by atoms with Gasteiger partial charge >= 0.3 is 0 Å². The van der Waals surface area contributed by atoms with Gasteiger partial charge in [-0.1, -0.05) is 51.1 Å². The average Bonchev–Trinajstić information content (AvgIpc) is 2.43. The van der Waals surface area contributed by atoms with Gasteiger partial charge in [0.15, 0.2) is 0 Å². The maximum Gasteiger partial charge on any atom is 0.0840 e. The molecule has 1 aromatic rings. The number of ether oxygens (including phenoxy) is 2. The van der Waals surface area contributed by atoms with Gasteiger partial charge < -0.3 is 9.47 Å². The molecule has 2 unspecified atom stereocenters. The van der Waals surface area contributed by atoms with E-state index in [1.807, 2.05) is 18.2 Å². The van der Waals surface area contributed by atoms with Crippen LogP contribution in [0.1, 0.15) is 33.3 Å².